The Balaban J connectivity index is 2.27. The van der Waals surface area contributed by atoms with Gasteiger partial charge >= 0.3 is 0 Å². The molecular formula is C14H15BrFN3O. The molecule has 4 nitrogen and oxygen atoms in total. The summed E-state index contributed by atoms with van der Waals surface area (Å²) in [6, 6.07) is 7.97. The lowest BCUT2D eigenvalue weighted by molar-refractivity contribution is 0.234. The van der Waals surface area contributed by atoms with Crippen molar-refractivity contribution in [2.75, 3.05) is 11.1 Å². The van der Waals surface area contributed by atoms with Crippen molar-refractivity contribution >= 4 is 33.1 Å². The van der Waals surface area contributed by atoms with Crippen LogP contribution in [-0.4, -0.2) is 11.1 Å². The predicted octanol–water partition coefficient (Wildman–Crippen LogP) is 4.10. The van der Waals surface area contributed by atoms with E-state index in [-0.39, 0.29) is 11.9 Å². The van der Waals surface area contributed by atoms with Crippen LogP contribution < -0.4 is 15.8 Å². The van der Waals surface area contributed by atoms with E-state index in [0.29, 0.717) is 23.1 Å². The molecule has 6 heteroatoms. The molecule has 0 fully saturated rings. The molecule has 0 aliphatic heterocycles. The summed E-state index contributed by atoms with van der Waals surface area (Å²) in [7, 11) is 0. The van der Waals surface area contributed by atoms with Crippen molar-refractivity contribution in [2.45, 2.75) is 20.0 Å². The summed E-state index contributed by atoms with van der Waals surface area (Å²) < 4.78 is 19.9. The van der Waals surface area contributed by atoms with Crippen molar-refractivity contribution in [3.8, 4) is 5.88 Å². The minimum atomic E-state index is -0.363. The van der Waals surface area contributed by atoms with Gasteiger partial charge in [-0.3, -0.25) is 0 Å². The molecule has 0 spiro atoms. The van der Waals surface area contributed by atoms with Crippen molar-refractivity contribution in [2.24, 2.45) is 0 Å². The number of nitrogens with zero attached hydrogens (tertiary/aromatic N) is 1. The van der Waals surface area contributed by atoms with Gasteiger partial charge in [0.25, 0.3) is 0 Å². The van der Waals surface area contributed by atoms with Gasteiger partial charge in [0.15, 0.2) is 0 Å². The van der Waals surface area contributed by atoms with Gasteiger partial charge in [-0.05, 0) is 44.2 Å². The number of nitrogens with two attached hydrogens (primary N) is 1. The third kappa shape index (κ3) is 3.60. The predicted molar refractivity (Wildman–Crippen MR) is 81.8 cm³/mol. The molecule has 0 aliphatic carbocycles. The van der Waals surface area contributed by atoms with Gasteiger partial charge in [-0.15, -0.1) is 0 Å². The minimum Gasteiger partial charge on any atom is -0.473 e. The molecule has 1 aromatic carbocycles. The summed E-state index contributed by atoms with van der Waals surface area (Å²) in [5, 5.41) is 2.90. The third-order valence-corrected chi connectivity index (χ3v) is 2.92. The van der Waals surface area contributed by atoms with Gasteiger partial charge in [0, 0.05) is 4.47 Å². The molecule has 0 aliphatic rings. The zero-order valence-electron chi connectivity index (χ0n) is 11.2. The van der Waals surface area contributed by atoms with Crippen LogP contribution >= 0.6 is 15.9 Å². The Morgan fingerprint density at radius 3 is 2.75 bits per heavy atom. The van der Waals surface area contributed by atoms with Gasteiger partial charge in [0.2, 0.25) is 5.88 Å². The van der Waals surface area contributed by atoms with Gasteiger partial charge in [-0.1, -0.05) is 15.9 Å². The summed E-state index contributed by atoms with van der Waals surface area (Å²) in [4.78, 5) is 4.24. The molecule has 2 aromatic rings. The molecule has 1 aromatic heterocycles. The maximum atomic E-state index is 13.7. The molecule has 20 heavy (non-hydrogen) atoms. The molecule has 2 rings (SSSR count). The summed E-state index contributed by atoms with van der Waals surface area (Å²) >= 11 is 3.30. The SMILES string of the molecule is CC(C)Oc1nc(Nc2cc(Br)ccc2F)ccc1N. The van der Waals surface area contributed by atoms with Crippen LogP contribution in [0.5, 0.6) is 5.88 Å². The number of anilines is 3. The van der Waals surface area contributed by atoms with Crippen LogP contribution in [0.25, 0.3) is 0 Å². The maximum absolute atomic E-state index is 13.7. The van der Waals surface area contributed by atoms with Crippen molar-refractivity contribution in [1.82, 2.24) is 4.98 Å². The Hall–Kier alpha value is -1.82. The molecule has 0 saturated heterocycles. The zero-order chi connectivity index (χ0) is 14.7. The number of ether oxygens (including phenoxy) is 1. The van der Waals surface area contributed by atoms with E-state index in [1.807, 2.05) is 13.8 Å². The number of hydrogen-bond acceptors (Lipinski definition) is 4. The third-order valence-electron chi connectivity index (χ3n) is 2.43. The van der Waals surface area contributed by atoms with E-state index in [2.05, 4.69) is 26.2 Å². The fraction of sp³-hybridized carbons (Fsp3) is 0.214. The first-order valence-corrected chi connectivity index (χ1v) is 6.90. The van der Waals surface area contributed by atoms with Crippen LogP contribution in [0.15, 0.2) is 34.8 Å². The summed E-state index contributed by atoms with van der Waals surface area (Å²) in [6.07, 6.45) is -0.0392. The average Bonchev–Trinajstić information content (AvgIpc) is 2.37. The lowest BCUT2D eigenvalue weighted by Crippen LogP contribution is -2.09. The number of nitrogen functional groups attached to an aromatic ring is 1. The molecule has 0 saturated carbocycles. The van der Waals surface area contributed by atoms with Crippen molar-refractivity contribution in [3.05, 3.63) is 40.6 Å². The summed E-state index contributed by atoms with van der Waals surface area (Å²) in [6.45, 7) is 3.77. The summed E-state index contributed by atoms with van der Waals surface area (Å²) in [5.74, 6) is 0.436. The van der Waals surface area contributed by atoms with E-state index in [9.17, 15) is 4.39 Å². The highest BCUT2D eigenvalue weighted by atomic mass is 79.9. The van der Waals surface area contributed by atoms with Crippen molar-refractivity contribution < 1.29 is 9.13 Å². The second-order valence-electron chi connectivity index (χ2n) is 4.51. The molecule has 0 radical (unpaired) electrons. The molecule has 3 N–H and O–H groups in total. The molecule has 0 atom stereocenters. The van der Waals surface area contributed by atoms with E-state index in [1.54, 1.807) is 24.3 Å². The number of halogens is 2. The van der Waals surface area contributed by atoms with E-state index < -0.39 is 0 Å². The fourth-order valence-electron chi connectivity index (χ4n) is 1.57. The average molecular weight is 340 g/mol. The first-order chi connectivity index (χ1) is 9.45. The second-order valence-corrected chi connectivity index (χ2v) is 5.42. The van der Waals surface area contributed by atoms with Crippen molar-refractivity contribution in [1.29, 1.82) is 0 Å². The molecule has 0 unspecified atom stereocenters. The van der Waals surface area contributed by atoms with E-state index >= 15 is 0 Å². The quantitative estimate of drug-likeness (QED) is 0.880. The highest BCUT2D eigenvalue weighted by Gasteiger charge is 2.08. The van der Waals surface area contributed by atoms with Crippen LogP contribution in [0, 0.1) is 5.82 Å². The highest BCUT2D eigenvalue weighted by Crippen LogP contribution is 2.26. The number of nitrogens with one attached hydrogen (secondary N) is 1. The topological polar surface area (TPSA) is 60.2 Å². The Labute approximate surface area is 125 Å². The highest BCUT2D eigenvalue weighted by molar-refractivity contribution is 9.10. The number of aromatic nitrogens is 1. The maximum Gasteiger partial charge on any atom is 0.239 e. The number of pyridine rings is 1. The Morgan fingerprint density at radius 2 is 2.05 bits per heavy atom. The second kappa shape index (κ2) is 6.09. The number of benzene rings is 1. The normalized spacial score (nSPS) is 10.7. The molecule has 0 amide bonds. The molecule has 0 bridgehead atoms. The standard InChI is InChI=1S/C14H15BrFN3O/c1-8(2)20-14-11(17)5-6-13(19-14)18-12-7-9(15)3-4-10(12)16/h3-8H,17H2,1-2H3,(H,18,19). The Morgan fingerprint density at radius 1 is 1.30 bits per heavy atom. The molecule has 1 heterocycles. The fourth-order valence-corrected chi connectivity index (χ4v) is 1.93. The number of hydrogen-bond donors (Lipinski definition) is 2. The lowest BCUT2D eigenvalue weighted by Gasteiger charge is -2.13. The van der Waals surface area contributed by atoms with E-state index in [1.165, 1.54) is 6.07 Å². The smallest absolute Gasteiger partial charge is 0.239 e. The zero-order valence-corrected chi connectivity index (χ0v) is 12.7. The Bertz CT molecular complexity index is 619. The van der Waals surface area contributed by atoms with Crippen LogP contribution in [0.4, 0.5) is 21.6 Å². The lowest BCUT2D eigenvalue weighted by atomic mass is 10.3. The van der Waals surface area contributed by atoms with Crippen LogP contribution in [-0.2, 0) is 0 Å². The van der Waals surface area contributed by atoms with Crippen LogP contribution in [0.2, 0.25) is 0 Å². The van der Waals surface area contributed by atoms with E-state index in [0.717, 1.165) is 4.47 Å². The van der Waals surface area contributed by atoms with Crippen molar-refractivity contribution in [3.63, 3.8) is 0 Å². The molecular weight excluding hydrogens is 325 g/mol. The first-order valence-electron chi connectivity index (χ1n) is 6.11. The van der Waals surface area contributed by atoms with Crippen LogP contribution in [0.1, 0.15) is 13.8 Å². The first kappa shape index (κ1) is 14.6. The monoisotopic (exact) mass is 339 g/mol. The summed E-state index contributed by atoms with van der Waals surface area (Å²) in [5.41, 5.74) is 6.56. The Kier molecular flexibility index (Phi) is 4.44. The van der Waals surface area contributed by atoms with Gasteiger partial charge < -0.3 is 15.8 Å². The van der Waals surface area contributed by atoms with Crippen LogP contribution in [0.3, 0.4) is 0 Å². The van der Waals surface area contributed by atoms with Gasteiger partial charge in [0.05, 0.1) is 17.5 Å². The van der Waals surface area contributed by atoms with Gasteiger partial charge in [-0.25, -0.2) is 4.39 Å². The number of rotatable bonds is 4. The van der Waals surface area contributed by atoms with E-state index in [4.69, 9.17) is 10.5 Å². The minimum absolute atomic E-state index is 0.0392. The van der Waals surface area contributed by atoms with Gasteiger partial charge in [0.1, 0.15) is 11.6 Å². The van der Waals surface area contributed by atoms with Gasteiger partial charge in [-0.2, -0.15) is 4.98 Å². The molecule has 106 valence electrons. The largest absolute Gasteiger partial charge is 0.473 e.